The van der Waals surface area contributed by atoms with Gasteiger partial charge in [-0.25, -0.2) is 9.59 Å². The molecule has 0 saturated heterocycles. The van der Waals surface area contributed by atoms with Gasteiger partial charge in [-0.05, 0) is 95.1 Å². The van der Waals surface area contributed by atoms with Crippen LogP contribution in [-0.2, 0) is 18.3 Å². The zero-order chi connectivity index (χ0) is 29.8. The first kappa shape index (κ1) is 30.4. The molecule has 0 radical (unpaired) electrons. The van der Waals surface area contributed by atoms with Crippen LogP contribution in [-0.4, -0.2) is 33.7 Å². The summed E-state index contributed by atoms with van der Waals surface area (Å²) in [4.78, 5) is 51.1. The molecule has 2 aromatic carbocycles. The van der Waals surface area contributed by atoms with E-state index in [1.807, 2.05) is 20.8 Å². The topological polar surface area (TPSA) is 116 Å². The first-order chi connectivity index (χ1) is 18.5. The van der Waals surface area contributed by atoms with Crippen molar-refractivity contribution in [2.75, 3.05) is 0 Å². The molecule has 1 heterocycles. The Bertz CT molecular complexity index is 1480. The lowest BCUT2D eigenvalue weighted by Crippen LogP contribution is -2.42. The van der Waals surface area contributed by atoms with Crippen LogP contribution in [0.15, 0.2) is 59.5 Å². The number of rotatable bonds is 6. The SMILES string of the molecule is Cn1cc(-c2cc(OC(=O)NC(C)(C)C)ccc2C(=O)c2ccc(Cl)cc2)c(CNC(=O)OC(C)(C)C)cc1=O. The van der Waals surface area contributed by atoms with E-state index in [-0.39, 0.29) is 23.6 Å². The van der Waals surface area contributed by atoms with Crippen molar-refractivity contribution in [2.45, 2.75) is 59.2 Å². The number of carbonyl (C=O) groups is 3. The number of carbonyl (C=O) groups excluding carboxylic acids is 3. The van der Waals surface area contributed by atoms with Gasteiger partial charge in [0, 0.05) is 53.1 Å². The molecule has 3 rings (SSSR count). The summed E-state index contributed by atoms with van der Waals surface area (Å²) < 4.78 is 12.2. The Kier molecular flexibility index (Phi) is 9.10. The number of amides is 2. The van der Waals surface area contributed by atoms with Gasteiger partial charge in [-0.3, -0.25) is 9.59 Å². The fourth-order valence-corrected chi connectivity index (χ4v) is 3.87. The second-order valence-electron chi connectivity index (χ2n) is 11.3. The number of aromatic nitrogens is 1. The molecule has 212 valence electrons. The van der Waals surface area contributed by atoms with Crippen LogP contribution in [0.3, 0.4) is 0 Å². The fourth-order valence-electron chi connectivity index (χ4n) is 3.74. The van der Waals surface area contributed by atoms with Crippen molar-refractivity contribution >= 4 is 29.6 Å². The number of ether oxygens (including phenoxy) is 2. The van der Waals surface area contributed by atoms with E-state index in [4.69, 9.17) is 21.1 Å². The van der Waals surface area contributed by atoms with Gasteiger partial charge in [0.15, 0.2) is 5.78 Å². The predicted molar refractivity (Wildman–Crippen MR) is 154 cm³/mol. The van der Waals surface area contributed by atoms with Crippen molar-refractivity contribution in [2.24, 2.45) is 7.05 Å². The van der Waals surface area contributed by atoms with Crippen molar-refractivity contribution in [3.63, 3.8) is 0 Å². The van der Waals surface area contributed by atoms with Gasteiger partial charge < -0.3 is 24.7 Å². The van der Waals surface area contributed by atoms with Crippen LogP contribution in [0.2, 0.25) is 5.02 Å². The van der Waals surface area contributed by atoms with Gasteiger partial charge in [0.1, 0.15) is 11.4 Å². The first-order valence-corrected chi connectivity index (χ1v) is 13.0. The Morgan fingerprint density at radius 1 is 0.900 bits per heavy atom. The minimum Gasteiger partial charge on any atom is -0.444 e. The molecule has 3 aromatic rings. The summed E-state index contributed by atoms with van der Waals surface area (Å²) in [5.74, 6) is -0.124. The Morgan fingerprint density at radius 2 is 1.55 bits per heavy atom. The standard InChI is InChI=1S/C30H34ClN3O6/c1-29(2,3)33-28(38)39-21-12-13-22(26(36)18-8-10-20(31)11-9-18)23(15-21)24-17-34(7)25(35)14-19(24)16-32-27(37)40-30(4,5)6/h8-15,17H,16H2,1-7H3,(H,32,37)(H,33,38). The molecule has 0 atom stereocenters. The van der Waals surface area contributed by atoms with Crippen molar-refractivity contribution in [3.8, 4) is 16.9 Å². The molecule has 40 heavy (non-hydrogen) atoms. The summed E-state index contributed by atoms with van der Waals surface area (Å²) in [6.07, 6.45) is 0.247. The summed E-state index contributed by atoms with van der Waals surface area (Å²) in [7, 11) is 1.58. The van der Waals surface area contributed by atoms with Gasteiger partial charge in [0.05, 0.1) is 0 Å². The summed E-state index contributed by atoms with van der Waals surface area (Å²) in [6.45, 7) is 10.6. The number of pyridine rings is 1. The smallest absolute Gasteiger partial charge is 0.413 e. The van der Waals surface area contributed by atoms with E-state index >= 15 is 0 Å². The van der Waals surface area contributed by atoms with Gasteiger partial charge in [0.2, 0.25) is 0 Å². The predicted octanol–water partition coefficient (Wildman–Crippen LogP) is 5.85. The van der Waals surface area contributed by atoms with Crippen LogP contribution in [0.4, 0.5) is 9.59 Å². The zero-order valence-corrected chi connectivity index (χ0v) is 24.4. The van der Waals surface area contributed by atoms with Gasteiger partial charge in [-0.2, -0.15) is 0 Å². The molecule has 2 amide bonds. The molecule has 0 aliphatic carbocycles. The van der Waals surface area contributed by atoms with E-state index in [1.54, 1.807) is 70.4 Å². The van der Waals surface area contributed by atoms with Crippen LogP contribution in [0.5, 0.6) is 5.75 Å². The van der Waals surface area contributed by atoms with Crippen LogP contribution in [0.1, 0.15) is 63.0 Å². The third-order valence-electron chi connectivity index (χ3n) is 5.46. The normalized spacial score (nSPS) is 11.5. The molecular formula is C30H34ClN3O6. The Labute approximate surface area is 238 Å². The number of nitrogens with one attached hydrogen (secondary N) is 2. The second-order valence-corrected chi connectivity index (χ2v) is 11.8. The lowest BCUT2D eigenvalue weighted by atomic mass is 9.92. The van der Waals surface area contributed by atoms with E-state index in [0.29, 0.717) is 32.8 Å². The lowest BCUT2D eigenvalue weighted by molar-refractivity contribution is 0.0523. The van der Waals surface area contributed by atoms with E-state index in [9.17, 15) is 19.2 Å². The minimum atomic E-state index is -0.711. The van der Waals surface area contributed by atoms with Crippen molar-refractivity contribution < 1.29 is 23.9 Å². The molecule has 9 nitrogen and oxygen atoms in total. The maximum Gasteiger partial charge on any atom is 0.413 e. The number of halogens is 1. The molecular weight excluding hydrogens is 534 g/mol. The monoisotopic (exact) mass is 567 g/mol. The van der Waals surface area contributed by atoms with Crippen LogP contribution < -0.4 is 20.9 Å². The number of aryl methyl sites for hydroxylation is 1. The molecule has 0 aliphatic rings. The second kappa shape index (κ2) is 12.0. The lowest BCUT2D eigenvalue weighted by Gasteiger charge is -2.21. The summed E-state index contributed by atoms with van der Waals surface area (Å²) in [5.41, 5.74) is 0.461. The molecule has 2 N–H and O–H groups in total. The maximum absolute atomic E-state index is 13.6. The van der Waals surface area contributed by atoms with E-state index < -0.39 is 23.3 Å². The average molecular weight is 568 g/mol. The highest BCUT2D eigenvalue weighted by Crippen LogP contribution is 2.32. The van der Waals surface area contributed by atoms with E-state index in [2.05, 4.69) is 10.6 Å². The highest BCUT2D eigenvalue weighted by molar-refractivity contribution is 6.30. The summed E-state index contributed by atoms with van der Waals surface area (Å²) in [6, 6.07) is 12.5. The maximum atomic E-state index is 13.6. The third kappa shape index (κ3) is 8.44. The number of ketones is 1. The Morgan fingerprint density at radius 3 is 2.15 bits per heavy atom. The molecule has 0 bridgehead atoms. The molecule has 0 unspecified atom stereocenters. The third-order valence-corrected chi connectivity index (χ3v) is 5.71. The number of alkyl carbamates (subject to hydrolysis) is 1. The highest BCUT2D eigenvalue weighted by Gasteiger charge is 2.22. The molecule has 10 heteroatoms. The molecule has 0 fully saturated rings. The molecule has 0 aliphatic heterocycles. The van der Waals surface area contributed by atoms with E-state index in [0.717, 1.165) is 0 Å². The molecule has 0 spiro atoms. The zero-order valence-electron chi connectivity index (χ0n) is 23.7. The van der Waals surface area contributed by atoms with Gasteiger partial charge in [0.25, 0.3) is 5.56 Å². The highest BCUT2D eigenvalue weighted by atomic mass is 35.5. The van der Waals surface area contributed by atoms with Crippen molar-refractivity contribution in [1.82, 2.24) is 15.2 Å². The Hall–Kier alpha value is -4.11. The van der Waals surface area contributed by atoms with Crippen LogP contribution >= 0.6 is 11.6 Å². The Balaban J connectivity index is 2.13. The van der Waals surface area contributed by atoms with Crippen LogP contribution in [0.25, 0.3) is 11.1 Å². The number of hydrogen-bond acceptors (Lipinski definition) is 6. The number of benzene rings is 2. The van der Waals surface area contributed by atoms with Gasteiger partial charge >= 0.3 is 12.2 Å². The summed E-state index contributed by atoms with van der Waals surface area (Å²) in [5, 5.41) is 5.88. The average Bonchev–Trinajstić information content (AvgIpc) is 2.82. The molecule has 0 saturated carbocycles. The van der Waals surface area contributed by atoms with Gasteiger partial charge in [-0.1, -0.05) is 11.6 Å². The van der Waals surface area contributed by atoms with Crippen molar-refractivity contribution in [3.05, 3.63) is 86.8 Å². The van der Waals surface area contributed by atoms with Gasteiger partial charge in [-0.15, -0.1) is 0 Å². The van der Waals surface area contributed by atoms with E-state index in [1.165, 1.54) is 16.7 Å². The molecule has 1 aromatic heterocycles. The fraction of sp³-hybridized carbons (Fsp3) is 0.333. The quantitative estimate of drug-likeness (QED) is 0.361. The first-order valence-electron chi connectivity index (χ1n) is 12.6. The van der Waals surface area contributed by atoms with Crippen LogP contribution in [0, 0.1) is 0 Å². The minimum absolute atomic E-state index is 0.0511. The van der Waals surface area contributed by atoms with Crippen molar-refractivity contribution in [1.29, 1.82) is 0 Å². The summed E-state index contributed by atoms with van der Waals surface area (Å²) >= 11 is 6.02. The number of hydrogen-bond donors (Lipinski definition) is 2. The number of nitrogens with zero attached hydrogens (tertiary/aromatic N) is 1. The largest absolute Gasteiger partial charge is 0.444 e.